The normalized spacial score (nSPS) is 10.9. The maximum Gasteiger partial charge on any atom is 0.163 e. The summed E-state index contributed by atoms with van der Waals surface area (Å²) >= 11 is 7.64. The molecular weight excluding hydrogens is 340 g/mol. The number of halogens is 1. The summed E-state index contributed by atoms with van der Waals surface area (Å²) in [4.78, 5) is 14.3. The highest BCUT2D eigenvalue weighted by Crippen LogP contribution is 2.33. The zero-order chi connectivity index (χ0) is 16.4. The molecule has 0 aliphatic rings. The maximum atomic E-state index is 6.18. The molecule has 1 N–H and O–H groups in total. The van der Waals surface area contributed by atoms with Crippen LogP contribution in [0, 0.1) is 0 Å². The van der Waals surface area contributed by atoms with Crippen LogP contribution < -0.4 is 5.32 Å². The Kier molecular flexibility index (Phi) is 4.11. The lowest BCUT2D eigenvalue weighted by Gasteiger charge is -2.09. The fourth-order valence-corrected chi connectivity index (χ4v) is 3.53. The molecule has 0 radical (unpaired) electrons. The summed E-state index contributed by atoms with van der Waals surface area (Å²) < 4.78 is 0.703. The number of anilines is 1. The molecule has 118 valence electrons. The summed E-state index contributed by atoms with van der Waals surface area (Å²) in [5.41, 5.74) is 2.12. The van der Waals surface area contributed by atoms with Crippen LogP contribution in [0.25, 0.3) is 21.6 Å². The summed E-state index contributed by atoms with van der Waals surface area (Å²) in [7, 11) is 0. The van der Waals surface area contributed by atoms with Gasteiger partial charge < -0.3 is 5.32 Å². The number of nitrogens with one attached hydrogen (secondary N) is 1. The first-order chi connectivity index (χ1) is 11.8. The molecular formula is C18H13ClN4S. The van der Waals surface area contributed by atoms with E-state index in [1.165, 1.54) is 16.9 Å². The zero-order valence-corrected chi connectivity index (χ0v) is 14.2. The van der Waals surface area contributed by atoms with E-state index >= 15 is 0 Å². The SMILES string of the molecule is Clc1cc2c(NCc3ccccc3)nc(-c3ccncc3)nc2s1. The van der Waals surface area contributed by atoms with E-state index in [9.17, 15) is 0 Å². The molecule has 3 aromatic heterocycles. The topological polar surface area (TPSA) is 50.7 Å². The van der Waals surface area contributed by atoms with E-state index in [0.29, 0.717) is 16.7 Å². The average Bonchev–Trinajstić information content (AvgIpc) is 3.01. The van der Waals surface area contributed by atoms with E-state index in [1.807, 2.05) is 36.4 Å². The van der Waals surface area contributed by atoms with Crippen LogP contribution in [0.3, 0.4) is 0 Å². The molecule has 1 aromatic carbocycles. The molecule has 24 heavy (non-hydrogen) atoms. The van der Waals surface area contributed by atoms with Crippen LogP contribution in [-0.4, -0.2) is 15.0 Å². The van der Waals surface area contributed by atoms with Crippen molar-refractivity contribution in [2.45, 2.75) is 6.54 Å². The highest BCUT2D eigenvalue weighted by atomic mass is 35.5. The van der Waals surface area contributed by atoms with Crippen molar-refractivity contribution < 1.29 is 0 Å². The summed E-state index contributed by atoms with van der Waals surface area (Å²) in [5, 5.41) is 4.35. The van der Waals surface area contributed by atoms with Crippen molar-refractivity contribution in [2.75, 3.05) is 5.32 Å². The molecule has 0 saturated heterocycles. The summed E-state index contributed by atoms with van der Waals surface area (Å²) in [5.74, 6) is 1.46. The minimum Gasteiger partial charge on any atom is -0.365 e. The lowest BCUT2D eigenvalue weighted by molar-refractivity contribution is 1.11. The minimum atomic E-state index is 0.666. The highest BCUT2D eigenvalue weighted by Gasteiger charge is 2.12. The zero-order valence-electron chi connectivity index (χ0n) is 12.6. The number of pyridine rings is 1. The molecule has 0 aliphatic heterocycles. The first kappa shape index (κ1) is 15.1. The van der Waals surface area contributed by atoms with E-state index < -0.39 is 0 Å². The summed E-state index contributed by atoms with van der Waals surface area (Å²) in [6.45, 7) is 0.691. The van der Waals surface area contributed by atoms with Gasteiger partial charge in [0.1, 0.15) is 10.6 Å². The van der Waals surface area contributed by atoms with Crippen molar-refractivity contribution in [3.8, 4) is 11.4 Å². The molecule has 0 atom stereocenters. The second-order valence-corrected chi connectivity index (χ2v) is 6.90. The largest absolute Gasteiger partial charge is 0.365 e. The molecule has 6 heteroatoms. The Morgan fingerprint density at radius 3 is 2.58 bits per heavy atom. The number of nitrogens with zero attached hydrogens (tertiary/aromatic N) is 3. The third kappa shape index (κ3) is 3.09. The second kappa shape index (κ2) is 6.55. The molecule has 0 fully saturated rings. The van der Waals surface area contributed by atoms with Gasteiger partial charge in [-0.3, -0.25) is 4.98 Å². The number of rotatable bonds is 4. The third-order valence-electron chi connectivity index (χ3n) is 3.60. The average molecular weight is 353 g/mol. The minimum absolute atomic E-state index is 0.666. The van der Waals surface area contributed by atoms with Gasteiger partial charge in [0, 0.05) is 24.5 Å². The second-order valence-electron chi connectivity index (χ2n) is 5.24. The van der Waals surface area contributed by atoms with Crippen molar-refractivity contribution in [3.05, 3.63) is 70.8 Å². The van der Waals surface area contributed by atoms with E-state index in [2.05, 4.69) is 27.4 Å². The molecule has 0 spiro atoms. The standard InChI is InChI=1S/C18H13ClN4S/c19-15-10-14-17(21-11-12-4-2-1-3-5-12)22-16(23-18(14)24-15)13-6-8-20-9-7-13/h1-10H,11H2,(H,21,22,23). The first-order valence-electron chi connectivity index (χ1n) is 7.45. The number of hydrogen-bond donors (Lipinski definition) is 1. The van der Waals surface area contributed by atoms with E-state index in [0.717, 1.165) is 21.6 Å². The summed E-state index contributed by atoms with van der Waals surface area (Å²) in [6, 6.07) is 15.9. The fourth-order valence-electron chi connectivity index (χ4n) is 2.44. The molecule has 3 heterocycles. The predicted octanol–water partition coefficient (Wildman–Crippen LogP) is 5.02. The molecule has 0 aliphatic carbocycles. The van der Waals surface area contributed by atoms with Gasteiger partial charge >= 0.3 is 0 Å². The molecule has 4 aromatic rings. The van der Waals surface area contributed by atoms with Crippen LogP contribution in [0.2, 0.25) is 4.34 Å². The Morgan fingerprint density at radius 1 is 1.00 bits per heavy atom. The molecule has 4 rings (SSSR count). The van der Waals surface area contributed by atoms with Gasteiger partial charge in [0.05, 0.1) is 9.72 Å². The smallest absolute Gasteiger partial charge is 0.163 e. The maximum absolute atomic E-state index is 6.18. The number of thiophene rings is 1. The van der Waals surface area contributed by atoms with Crippen molar-refractivity contribution in [1.29, 1.82) is 0 Å². The van der Waals surface area contributed by atoms with Crippen LogP contribution in [0.1, 0.15) is 5.56 Å². The third-order valence-corrected chi connectivity index (χ3v) is 4.76. The lowest BCUT2D eigenvalue weighted by Crippen LogP contribution is -2.03. The van der Waals surface area contributed by atoms with Crippen molar-refractivity contribution in [2.24, 2.45) is 0 Å². The number of hydrogen-bond acceptors (Lipinski definition) is 5. The number of benzene rings is 1. The molecule has 0 amide bonds. The van der Waals surface area contributed by atoms with Crippen LogP contribution in [0.4, 0.5) is 5.82 Å². The monoisotopic (exact) mass is 352 g/mol. The molecule has 0 saturated carbocycles. The fraction of sp³-hybridized carbons (Fsp3) is 0.0556. The van der Waals surface area contributed by atoms with E-state index in [-0.39, 0.29) is 0 Å². The molecule has 0 unspecified atom stereocenters. The van der Waals surface area contributed by atoms with Gasteiger partial charge in [-0.25, -0.2) is 9.97 Å². The van der Waals surface area contributed by atoms with Gasteiger partial charge in [0.15, 0.2) is 5.82 Å². The van der Waals surface area contributed by atoms with Gasteiger partial charge in [-0.2, -0.15) is 0 Å². The lowest BCUT2D eigenvalue weighted by atomic mass is 10.2. The summed E-state index contributed by atoms with van der Waals surface area (Å²) in [6.07, 6.45) is 3.47. The first-order valence-corrected chi connectivity index (χ1v) is 8.64. The predicted molar refractivity (Wildman–Crippen MR) is 99.4 cm³/mol. The van der Waals surface area contributed by atoms with Crippen molar-refractivity contribution >= 4 is 39.0 Å². The number of aromatic nitrogens is 3. The van der Waals surface area contributed by atoms with E-state index in [1.54, 1.807) is 12.4 Å². The quantitative estimate of drug-likeness (QED) is 0.560. The number of fused-ring (bicyclic) bond motifs is 1. The van der Waals surface area contributed by atoms with Crippen molar-refractivity contribution in [3.63, 3.8) is 0 Å². The van der Waals surface area contributed by atoms with Gasteiger partial charge in [0.25, 0.3) is 0 Å². The molecule has 0 bridgehead atoms. The van der Waals surface area contributed by atoms with Crippen LogP contribution in [0.5, 0.6) is 0 Å². The Labute approximate surface area is 148 Å². The Bertz CT molecular complexity index is 970. The Balaban J connectivity index is 1.75. The van der Waals surface area contributed by atoms with Crippen LogP contribution >= 0.6 is 22.9 Å². The Morgan fingerprint density at radius 2 is 1.79 bits per heavy atom. The van der Waals surface area contributed by atoms with Gasteiger partial charge in [-0.1, -0.05) is 41.9 Å². The Hall–Kier alpha value is -2.50. The highest BCUT2D eigenvalue weighted by molar-refractivity contribution is 7.22. The van der Waals surface area contributed by atoms with E-state index in [4.69, 9.17) is 16.6 Å². The van der Waals surface area contributed by atoms with Gasteiger partial charge in [-0.15, -0.1) is 11.3 Å². The molecule has 4 nitrogen and oxygen atoms in total. The van der Waals surface area contributed by atoms with Crippen LogP contribution in [0.15, 0.2) is 60.9 Å². The van der Waals surface area contributed by atoms with Gasteiger partial charge in [0.2, 0.25) is 0 Å². The van der Waals surface area contributed by atoms with Crippen molar-refractivity contribution in [1.82, 2.24) is 15.0 Å². The van der Waals surface area contributed by atoms with Gasteiger partial charge in [-0.05, 0) is 23.8 Å². The van der Waals surface area contributed by atoms with Crippen LogP contribution in [-0.2, 0) is 6.54 Å².